The maximum absolute atomic E-state index is 13.5. The fraction of sp³-hybridized carbons (Fsp3) is 0.308. The fourth-order valence-electron chi connectivity index (χ4n) is 1.77. The number of halogens is 1. The van der Waals surface area contributed by atoms with Crippen LogP contribution in [0.15, 0.2) is 24.5 Å². The molecular weight excluding hydrogens is 265 g/mol. The highest BCUT2D eigenvalue weighted by molar-refractivity contribution is 5.91. The van der Waals surface area contributed by atoms with E-state index >= 15 is 0 Å². The molecule has 0 saturated heterocycles. The summed E-state index contributed by atoms with van der Waals surface area (Å²) in [7, 11) is 0. The molecule has 1 N–H and O–H groups in total. The number of aryl methyl sites for hydroxylation is 1. The van der Waals surface area contributed by atoms with Crippen LogP contribution in [-0.2, 0) is 13.2 Å². The van der Waals surface area contributed by atoms with E-state index in [2.05, 4.69) is 10.1 Å². The average Bonchev–Trinajstić information content (AvgIpc) is 2.84. The van der Waals surface area contributed by atoms with Gasteiger partial charge in [0.15, 0.2) is 5.82 Å². The highest BCUT2D eigenvalue weighted by atomic mass is 19.1. The van der Waals surface area contributed by atoms with E-state index in [1.54, 1.807) is 4.68 Å². The van der Waals surface area contributed by atoms with Gasteiger partial charge in [0.2, 0.25) is 0 Å². The lowest BCUT2D eigenvalue weighted by atomic mass is 10.2. The van der Waals surface area contributed by atoms with E-state index in [-0.39, 0.29) is 12.4 Å². The molecule has 106 valence electrons. The van der Waals surface area contributed by atoms with Crippen molar-refractivity contribution in [2.45, 2.75) is 26.5 Å². The molecule has 6 nitrogen and oxygen atoms in total. The van der Waals surface area contributed by atoms with E-state index in [0.29, 0.717) is 12.4 Å². The summed E-state index contributed by atoms with van der Waals surface area (Å²) in [5, 5.41) is 13.0. The molecule has 1 aromatic heterocycles. The summed E-state index contributed by atoms with van der Waals surface area (Å²) >= 11 is 0. The maximum atomic E-state index is 13.5. The molecule has 1 aromatic carbocycles. The minimum absolute atomic E-state index is 0.0245. The van der Waals surface area contributed by atoms with Gasteiger partial charge in [-0.3, -0.25) is 0 Å². The van der Waals surface area contributed by atoms with E-state index < -0.39 is 17.3 Å². The van der Waals surface area contributed by atoms with Gasteiger partial charge in [-0.15, -0.1) is 0 Å². The van der Waals surface area contributed by atoms with Crippen LogP contribution in [0.5, 0.6) is 5.75 Å². The summed E-state index contributed by atoms with van der Waals surface area (Å²) < 4.78 is 20.5. The number of ether oxygens (including phenoxy) is 1. The zero-order valence-electron chi connectivity index (χ0n) is 10.9. The van der Waals surface area contributed by atoms with E-state index in [0.717, 1.165) is 12.5 Å². The lowest BCUT2D eigenvalue weighted by Gasteiger charge is -2.10. The lowest BCUT2D eigenvalue weighted by molar-refractivity contribution is 0.0686. The molecule has 2 rings (SSSR count). The van der Waals surface area contributed by atoms with Gasteiger partial charge in [-0.1, -0.05) is 13.0 Å². The first-order valence-corrected chi connectivity index (χ1v) is 6.14. The van der Waals surface area contributed by atoms with Crippen molar-refractivity contribution in [3.05, 3.63) is 41.7 Å². The quantitative estimate of drug-likeness (QED) is 0.876. The fourth-order valence-corrected chi connectivity index (χ4v) is 1.77. The van der Waals surface area contributed by atoms with Gasteiger partial charge in [0.05, 0.1) is 0 Å². The second-order valence-corrected chi connectivity index (χ2v) is 4.11. The molecular formula is C13H14FN3O3. The zero-order chi connectivity index (χ0) is 14.5. The lowest BCUT2D eigenvalue weighted by Crippen LogP contribution is -2.11. The van der Waals surface area contributed by atoms with E-state index in [4.69, 9.17) is 9.84 Å². The van der Waals surface area contributed by atoms with Crippen LogP contribution in [0.3, 0.4) is 0 Å². The summed E-state index contributed by atoms with van der Waals surface area (Å²) in [6.45, 7) is 2.72. The number of aromatic nitrogens is 3. The Bertz CT molecular complexity index is 613. The molecule has 0 aliphatic carbocycles. The molecule has 0 spiro atoms. The second-order valence-electron chi connectivity index (χ2n) is 4.11. The normalized spacial score (nSPS) is 10.5. The Morgan fingerprint density at radius 1 is 1.50 bits per heavy atom. The number of hydrogen-bond acceptors (Lipinski definition) is 4. The number of carboxylic acids is 1. The van der Waals surface area contributed by atoms with Gasteiger partial charge in [0, 0.05) is 6.54 Å². The van der Waals surface area contributed by atoms with Crippen LogP contribution in [0.25, 0.3) is 0 Å². The van der Waals surface area contributed by atoms with Crippen molar-refractivity contribution in [3.8, 4) is 5.75 Å². The molecule has 7 heteroatoms. The monoisotopic (exact) mass is 279 g/mol. The summed E-state index contributed by atoms with van der Waals surface area (Å²) in [5.74, 6) is -1.66. The van der Waals surface area contributed by atoms with Crippen molar-refractivity contribution in [3.63, 3.8) is 0 Å². The molecule has 1 heterocycles. The van der Waals surface area contributed by atoms with Crippen LogP contribution in [0, 0.1) is 5.82 Å². The zero-order valence-corrected chi connectivity index (χ0v) is 10.9. The molecule has 0 aliphatic rings. The van der Waals surface area contributed by atoms with Crippen molar-refractivity contribution < 1.29 is 19.0 Å². The predicted molar refractivity (Wildman–Crippen MR) is 68.0 cm³/mol. The third-order valence-electron chi connectivity index (χ3n) is 2.68. The molecule has 0 unspecified atom stereocenters. The van der Waals surface area contributed by atoms with Crippen LogP contribution in [0.4, 0.5) is 4.39 Å². The van der Waals surface area contributed by atoms with E-state index in [9.17, 15) is 9.18 Å². The Morgan fingerprint density at radius 3 is 3.00 bits per heavy atom. The van der Waals surface area contributed by atoms with Gasteiger partial charge in [-0.05, 0) is 18.6 Å². The van der Waals surface area contributed by atoms with Crippen molar-refractivity contribution in [2.24, 2.45) is 0 Å². The van der Waals surface area contributed by atoms with Crippen LogP contribution < -0.4 is 4.74 Å². The van der Waals surface area contributed by atoms with Crippen molar-refractivity contribution in [2.75, 3.05) is 0 Å². The van der Waals surface area contributed by atoms with Gasteiger partial charge >= 0.3 is 5.97 Å². The molecule has 0 radical (unpaired) electrons. The first kappa shape index (κ1) is 14.0. The number of hydrogen-bond donors (Lipinski definition) is 1. The largest absolute Gasteiger partial charge is 0.485 e. The summed E-state index contributed by atoms with van der Waals surface area (Å²) in [4.78, 5) is 15.1. The molecule has 0 saturated carbocycles. The molecule has 2 aromatic rings. The predicted octanol–water partition coefficient (Wildman–Crippen LogP) is 2.10. The number of benzene rings is 1. The van der Waals surface area contributed by atoms with Crippen molar-refractivity contribution in [1.29, 1.82) is 0 Å². The molecule has 0 atom stereocenters. The van der Waals surface area contributed by atoms with Gasteiger partial charge in [0.1, 0.15) is 30.1 Å². The van der Waals surface area contributed by atoms with Gasteiger partial charge < -0.3 is 9.84 Å². The van der Waals surface area contributed by atoms with Crippen molar-refractivity contribution in [1.82, 2.24) is 14.8 Å². The Labute approximate surface area is 114 Å². The standard InChI is InChI=1S/C13H14FN3O3/c1-2-6-17-11(15-8-16-17)7-20-10-5-3-4-9(14)12(10)13(18)19/h3-5,8H,2,6-7H2,1H3,(H,18,19). The summed E-state index contributed by atoms with van der Waals surface area (Å²) in [5.41, 5.74) is -0.478. The van der Waals surface area contributed by atoms with Crippen LogP contribution in [-0.4, -0.2) is 25.8 Å². The Balaban J connectivity index is 2.17. The molecule has 0 aliphatic heterocycles. The van der Waals surface area contributed by atoms with E-state index in [1.165, 1.54) is 18.5 Å². The van der Waals surface area contributed by atoms with E-state index in [1.807, 2.05) is 6.92 Å². The number of carboxylic acid groups (broad SMARTS) is 1. The number of nitrogens with zero attached hydrogens (tertiary/aromatic N) is 3. The Hall–Kier alpha value is -2.44. The minimum Gasteiger partial charge on any atom is -0.485 e. The Kier molecular flexibility index (Phi) is 4.29. The SMILES string of the molecule is CCCn1ncnc1COc1cccc(F)c1C(=O)O. The first-order chi connectivity index (χ1) is 9.63. The Morgan fingerprint density at radius 2 is 2.30 bits per heavy atom. The minimum atomic E-state index is -1.37. The van der Waals surface area contributed by atoms with Crippen LogP contribution in [0.2, 0.25) is 0 Å². The summed E-state index contributed by atoms with van der Waals surface area (Å²) in [6.07, 6.45) is 2.29. The van der Waals surface area contributed by atoms with Crippen LogP contribution >= 0.6 is 0 Å². The van der Waals surface area contributed by atoms with Gasteiger partial charge in [0.25, 0.3) is 0 Å². The molecule has 20 heavy (non-hydrogen) atoms. The third-order valence-corrected chi connectivity index (χ3v) is 2.68. The summed E-state index contributed by atoms with van der Waals surface area (Å²) in [6, 6.07) is 3.89. The number of carbonyl (C=O) groups is 1. The highest BCUT2D eigenvalue weighted by Gasteiger charge is 2.17. The first-order valence-electron chi connectivity index (χ1n) is 6.14. The number of rotatable bonds is 6. The van der Waals surface area contributed by atoms with Crippen LogP contribution in [0.1, 0.15) is 29.5 Å². The third kappa shape index (κ3) is 2.93. The van der Waals surface area contributed by atoms with Gasteiger partial charge in [-0.2, -0.15) is 5.10 Å². The topological polar surface area (TPSA) is 77.2 Å². The number of aromatic carboxylic acids is 1. The second kappa shape index (κ2) is 6.14. The smallest absolute Gasteiger partial charge is 0.342 e. The van der Waals surface area contributed by atoms with Gasteiger partial charge in [-0.25, -0.2) is 18.9 Å². The molecule has 0 bridgehead atoms. The highest BCUT2D eigenvalue weighted by Crippen LogP contribution is 2.22. The average molecular weight is 279 g/mol. The van der Waals surface area contributed by atoms with Crippen molar-refractivity contribution >= 4 is 5.97 Å². The molecule has 0 fully saturated rings. The molecule has 0 amide bonds. The maximum Gasteiger partial charge on any atom is 0.342 e.